The second-order valence-corrected chi connectivity index (χ2v) is 8.81. The molecule has 176 valence electrons. The van der Waals surface area contributed by atoms with Gasteiger partial charge in [0.2, 0.25) is 5.91 Å². The van der Waals surface area contributed by atoms with Gasteiger partial charge in [0.1, 0.15) is 11.5 Å². The maximum atomic E-state index is 13.1. The van der Waals surface area contributed by atoms with Gasteiger partial charge in [0.25, 0.3) is 0 Å². The minimum absolute atomic E-state index is 0.0850. The van der Waals surface area contributed by atoms with Crippen molar-refractivity contribution < 1.29 is 23.8 Å². The van der Waals surface area contributed by atoms with E-state index in [-0.39, 0.29) is 12.3 Å². The van der Waals surface area contributed by atoms with Crippen molar-refractivity contribution in [1.29, 1.82) is 0 Å². The number of fused-ring (bicyclic) bond motifs is 1. The second-order valence-electron chi connectivity index (χ2n) is 7.97. The Balaban J connectivity index is 1.82. The minimum atomic E-state index is -0.558. The van der Waals surface area contributed by atoms with Crippen LogP contribution in [0.2, 0.25) is 0 Å². The number of hydrogen-bond acceptors (Lipinski definition) is 8. The highest BCUT2D eigenvalue weighted by atomic mass is 32.2. The maximum Gasteiger partial charge on any atom is 0.338 e. The van der Waals surface area contributed by atoms with E-state index in [0.29, 0.717) is 29.2 Å². The number of likely N-dealkylation sites (tertiary alicyclic amines) is 1. The van der Waals surface area contributed by atoms with E-state index in [0.717, 1.165) is 42.4 Å². The summed E-state index contributed by atoms with van der Waals surface area (Å²) in [7, 11) is 4.56. The van der Waals surface area contributed by atoms with E-state index < -0.39 is 12.0 Å². The lowest BCUT2D eigenvalue weighted by atomic mass is 9.92. The first-order chi connectivity index (χ1) is 16.0. The van der Waals surface area contributed by atoms with Crippen molar-refractivity contribution in [2.45, 2.75) is 38.6 Å². The van der Waals surface area contributed by atoms with Crippen molar-refractivity contribution in [3.05, 3.63) is 46.1 Å². The number of amidine groups is 1. The molecule has 1 aromatic rings. The number of ether oxygens (including phenoxy) is 3. The molecular weight excluding hydrogens is 442 g/mol. The number of carbonyl (C=O) groups is 2. The first-order valence-corrected chi connectivity index (χ1v) is 11.9. The summed E-state index contributed by atoms with van der Waals surface area (Å²) in [6, 6.07) is 4.94. The SMILES string of the molecule is CCC1=C(C(=O)OC)C(c2cc(OC)ccc2OC)N2C(CC(=O)N3CCCC3)=CSC2=N1. The molecule has 1 atom stereocenters. The summed E-state index contributed by atoms with van der Waals surface area (Å²) in [5.41, 5.74) is 2.66. The van der Waals surface area contributed by atoms with Gasteiger partial charge in [0.05, 0.1) is 45.1 Å². The van der Waals surface area contributed by atoms with Gasteiger partial charge in [0, 0.05) is 24.4 Å². The Bertz CT molecular complexity index is 1040. The molecule has 1 aromatic carbocycles. The van der Waals surface area contributed by atoms with Gasteiger partial charge in [-0.3, -0.25) is 4.79 Å². The average Bonchev–Trinajstić information content (AvgIpc) is 3.52. The summed E-state index contributed by atoms with van der Waals surface area (Å²) in [6.07, 6.45) is 2.88. The molecule has 1 amide bonds. The Morgan fingerprint density at radius 3 is 2.55 bits per heavy atom. The van der Waals surface area contributed by atoms with Crippen molar-refractivity contribution >= 4 is 28.8 Å². The maximum absolute atomic E-state index is 13.1. The van der Waals surface area contributed by atoms with Gasteiger partial charge in [-0.1, -0.05) is 18.7 Å². The number of benzene rings is 1. The Kier molecular flexibility index (Phi) is 6.97. The van der Waals surface area contributed by atoms with Gasteiger partial charge >= 0.3 is 5.97 Å². The monoisotopic (exact) mass is 471 g/mol. The molecule has 0 aliphatic carbocycles. The van der Waals surface area contributed by atoms with Crippen LogP contribution in [0.25, 0.3) is 0 Å². The number of hydrogen-bond donors (Lipinski definition) is 0. The molecule has 0 bridgehead atoms. The van der Waals surface area contributed by atoms with E-state index in [2.05, 4.69) is 0 Å². The van der Waals surface area contributed by atoms with Gasteiger partial charge in [-0.2, -0.15) is 0 Å². The van der Waals surface area contributed by atoms with Crippen LogP contribution in [0.1, 0.15) is 44.2 Å². The molecule has 9 heteroatoms. The lowest BCUT2D eigenvalue weighted by Crippen LogP contribution is -2.38. The van der Waals surface area contributed by atoms with E-state index in [1.807, 2.05) is 40.3 Å². The summed E-state index contributed by atoms with van der Waals surface area (Å²) in [4.78, 5) is 34.7. The molecule has 3 aliphatic rings. The zero-order valence-electron chi connectivity index (χ0n) is 19.4. The number of carbonyl (C=O) groups excluding carboxylic acids is 2. The normalized spacial score (nSPS) is 19.8. The number of allylic oxidation sites excluding steroid dienone is 1. The molecule has 0 saturated carbocycles. The Morgan fingerprint density at radius 2 is 1.91 bits per heavy atom. The zero-order valence-corrected chi connectivity index (χ0v) is 20.2. The van der Waals surface area contributed by atoms with Crippen LogP contribution in [-0.2, 0) is 14.3 Å². The third kappa shape index (κ3) is 4.34. The Labute approximate surface area is 198 Å². The summed E-state index contributed by atoms with van der Waals surface area (Å²) in [5.74, 6) is 0.886. The van der Waals surface area contributed by atoms with Crippen LogP contribution in [0.15, 0.2) is 45.6 Å². The molecule has 4 rings (SSSR count). The van der Waals surface area contributed by atoms with Crippen LogP contribution >= 0.6 is 11.8 Å². The molecule has 1 fully saturated rings. The van der Waals surface area contributed by atoms with E-state index in [9.17, 15) is 9.59 Å². The van der Waals surface area contributed by atoms with Crippen LogP contribution < -0.4 is 9.47 Å². The topological polar surface area (TPSA) is 80.7 Å². The van der Waals surface area contributed by atoms with Gasteiger partial charge < -0.3 is 24.0 Å². The van der Waals surface area contributed by atoms with Crippen LogP contribution in [0.5, 0.6) is 11.5 Å². The van der Waals surface area contributed by atoms with Gasteiger partial charge in [-0.15, -0.1) is 0 Å². The molecule has 0 N–H and O–H groups in total. The molecule has 0 radical (unpaired) electrons. The van der Waals surface area contributed by atoms with Crippen LogP contribution in [0.3, 0.4) is 0 Å². The highest BCUT2D eigenvalue weighted by molar-refractivity contribution is 8.16. The zero-order chi connectivity index (χ0) is 23.5. The number of rotatable bonds is 7. The second kappa shape index (κ2) is 9.91. The van der Waals surface area contributed by atoms with Crippen molar-refractivity contribution in [1.82, 2.24) is 9.80 Å². The highest BCUT2D eigenvalue weighted by Crippen LogP contribution is 2.48. The van der Waals surface area contributed by atoms with Gasteiger partial charge in [-0.25, -0.2) is 9.79 Å². The molecule has 0 spiro atoms. The lowest BCUT2D eigenvalue weighted by molar-refractivity contribution is -0.136. The number of nitrogens with zero attached hydrogens (tertiary/aromatic N) is 3. The number of amides is 1. The summed E-state index contributed by atoms with van der Waals surface area (Å²) in [5, 5.41) is 2.69. The largest absolute Gasteiger partial charge is 0.497 e. The van der Waals surface area contributed by atoms with Crippen LogP contribution in [0, 0.1) is 0 Å². The molecule has 33 heavy (non-hydrogen) atoms. The number of esters is 1. The van der Waals surface area contributed by atoms with Gasteiger partial charge in [-0.05, 0) is 42.9 Å². The average molecular weight is 472 g/mol. The molecule has 3 aliphatic heterocycles. The van der Waals surface area contributed by atoms with Crippen LogP contribution in [-0.4, -0.2) is 61.3 Å². The predicted molar refractivity (Wildman–Crippen MR) is 127 cm³/mol. The standard InChI is InChI=1S/C24H29N3O5S/c1-5-18-21(23(29)32-4)22(17-13-16(30-2)8-9-19(17)31-3)27-15(14-33-24(27)25-18)12-20(28)26-10-6-7-11-26/h8-9,13-14,22H,5-7,10-12H2,1-4H3. The quantitative estimate of drug-likeness (QED) is 0.559. The molecule has 1 unspecified atom stereocenters. The lowest BCUT2D eigenvalue weighted by Gasteiger charge is -2.37. The first kappa shape index (κ1) is 23.2. The first-order valence-electron chi connectivity index (χ1n) is 11.1. The van der Waals surface area contributed by atoms with E-state index in [1.54, 1.807) is 14.2 Å². The van der Waals surface area contributed by atoms with E-state index >= 15 is 0 Å². The fourth-order valence-corrected chi connectivity index (χ4v) is 5.43. The van der Waals surface area contributed by atoms with Crippen molar-refractivity contribution in [3.8, 4) is 11.5 Å². The molecule has 0 aromatic heterocycles. The molecule has 8 nitrogen and oxygen atoms in total. The third-order valence-corrected chi connectivity index (χ3v) is 7.04. The number of aliphatic imine (C=N–C) groups is 1. The smallest absolute Gasteiger partial charge is 0.338 e. The predicted octanol–water partition coefficient (Wildman–Crippen LogP) is 3.85. The molecule has 1 saturated heterocycles. The number of methoxy groups -OCH3 is 3. The van der Waals surface area contributed by atoms with Crippen molar-refractivity contribution in [3.63, 3.8) is 0 Å². The minimum Gasteiger partial charge on any atom is -0.497 e. The summed E-state index contributed by atoms with van der Waals surface area (Å²) < 4.78 is 16.3. The molecular formula is C24H29N3O5S. The fourth-order valence-electron chi connectivity index (χ4n) is 4.49. The fraction of sp³-hybridized carbons (Fsp3) is 0.458. The van der Waals surface area contributed by atoms with Crippen molar-refractivity contribution in [2.24, 2.45) is 4.99 Å². The van der Waals surface area contributed by atoms with E-state index in [1.165, 1.54) is 18.9 Å². The van der Waals surface area contributed by atoms with Crippen molar-refractivity contribution in [2.75, 3.05) is 34.4 Å². The Hall–Kier alpha value is -2.94. The van der Waals surface area contributed by atoms with E-state index in [4.69, 9.17) is 19.2 Å². The van der Waals surface area contributed by atoms with Crippen LogP contribution in [0.4, 0.5) is 0 Å². The van der Waals surface area contributed by atoms with Gasteiger partial charge in [0.15, 0.2) is 5.17 Å². The highest BCUT2D eigenvalue weighted by Gasteiger charge is 2.43. The summed E-state index contributed by atoms with van der Waals surface area (Å²) in [6.45, 7) is 3.55. The Morgan fingerprint density at radius 1 is 1.15 bits per heavy atom. The third-order valence-electron chi connectivity index (χ3n) is 6.15. The molecule has 3 heterocycles. The summed E-state index contributed by atoms with van der Waals surface area (Å²) >= 11 is 1.47. The number of thioether (sulfide) groups is 1.